The fourth-order valence-electron chi connectivity index (χ4n) is 1.24. The minimum Gasteiger partial charge on any atom is -0.444 e. The summed E-state index contributed by atoms with van der Waals surface area (Å²) in [6.45, 7) is 4.87. The van der Waals surface area contributed by atoms with Crippen molar-refractivity contribution in [3.8, 4) is 0 Å². The van der Waals surface area contributed by atoms with Crippen LogP contribution in [0.2, 0.25) is 0 Å². The molecule has 106 valence electrons. The predicted octanol–water partition coefficient (Wildman–Crippen LogP) is 4.19. The molecule has 7 heteroatoms. The number of ether oxygens (including phenoxy) is 1. The third-order valence-electron chi connectivity index (χ3n) is 1.92. The molecule has 0 aliphatic rings. The first-order valence-electron chi connectivity index (χ1n) is 5.36. The van der Waals surface area contributed by atoms with Gasteiger partial charge in [0.15, 0.2) is 0 Å². The quantitative estimate of drug-likeness (QED) is 0.783. The van der Waals surface area contributed by atoms with E-state index >= 15 is 0 Å². The summed E-state index contributed by atoms with van der Waals surface area (Å²) in [5.74, 6) is -1.46. The fraction of sp³-hybridized carbons (Fsp3) is 0.417. The van der Waals surface area contributed by atoms with Gasteiger partial charge in [0, 0.05) is 5.69 Å². The van der Waals surface area contributed by atoms with E-state index in [1.54, 1.807) is 20.8 Å². The Morgan fingerprint density at radius 1 is 1.21 bits per heavy atom. The van der Waals surface area contributed by atoms with Crippen LogP contribution in [0.3, 0.4) is 0 Å². The van der Waals surface area contributed by atoms with Gasteiger partial charge in [-0.1, -0.05) is 0 Å². The first-order chi connectivity index (χ1) is 8.49. The summed E-state index contributed by atoms with van der Waals surface area (Å²) in [4.78, 5) is 11.3. The van der Waals surface area contributed by atoms with Gasteiger partial charge >= 0.3 is 12.3 Å². The summed E-state index contributed by atoms with van der Waals surface area (Å²) >= 11 is 0. The van der Waals surface area contributed by atoms with Crippen LogP contribution < -0.4 is 5.32 Å². The number of anilines is 1. The summed E-state index contributed by atoms with van der Waals surface area (Å²) in [6, 6.07) is 2.10. The van der Waals surface area contributed by atoms with Crippen LogP contribution in [0.25, 0.3) is 0 Å². The van der Waals surface area contributed by atoms with Gasteiger partial charge in [-0.2, -0.15) is 13.2 Å². The second-order valence-corrected chi connectivity index (χ2v) is 4.82. The van der Waals surface area contributed by atoms with E-state index in [-0.39, 0.29) is 5.69 Å². The fourth-order valence-corrected chi connectivity index (χ4v) is 1.24. The Hall–Kier alpha value is -1.79. The molecule has 0 atom stereocenters. The summed E-state index contributed by atoms with van der Waals surface area (Å²) < 4.78 is 55.0. The Bertz CT molecular complexity index is 478. The van der Waals surface area contributed by atoms with Crippen LogP contribution in [0.1, 0.15) is 26.3 Å². The normalized spacial score (nSPS) is 12.2. The molecule has 1 aromatic rings. The van der Waals surface area contributed by atoms with E-state index in [9.17, 15) is 22.4 Å². The minimum atomic E-state index is -4.77. The molecule has 0 aliphatic carbocycles. The molecule has 0 radical (unpaired) electrons. The molecule has 0 fully saturated rings. The van der Waals surface area contributed by atoms with Crippen LogP contribution in [0.5, 0.6) is 0 Å². The zero-order valence-corrected chi connectivity index (χ0v) is 10.6. The number of rotatable bonds is 1. The van der Waals surface area contributed by atoms with E-state index in [2.05, 4.69) is 5.32 Å². The lowest BCUT2D eigenvalue weighted by atomic mass is 10.2. The molecule has 19 heavy (non-hydrogen) atoms. The molecule has 3 nitrogen and oxygen atoms in total. The van der Waals surface area contributed by atoms with Crippen molar-refractivity contribution in [3.63, 3.8) is 0 Å². The lowest BCUT2D eigenvalue weighted by Crippen LogP contribution is -2.27. The number of nitrogens with one attached hydrogen (secondary N) is 1. The molecule has 0 aliphatic heterocycles. The molecule has 1 aromatic carbocycles. The number of carbonyl (C=O) groups is 1. The Balaban J connectivity index is 2.83. The highest BCUT2D eigenvalue weighted by Crippen LogP contribution is 2.32. The smallest absolute Gasteiger partial charge is 0.419 e. The predicted molar refractivity (Wildman–Crippen MR) is 61.3 cm³/mol. The Morgan fingerprint density at radius 3 is 2.21 bits per heavy atom. The Kier molecular flexibility index (Phi) is 4.07. The molecule has 0 aromatic heterocycles. The van der Waals surface area contributed by atoms with Crippen molar-refractivity contribution in [3.05, 3.63) is 29.6 Å². The van der Waals surface area contributed by atoms with Crippen LogP contribution in [-0.2, 0) is 10.9 Å². The molecular formula is C12H13F4NO2. The van der Waals surface area contributed by atoms with Crippen LogP contribution in [0, 0.1) is 5.82 Å². The van der Waals surface area contributed by atoms with Crippen LogP contribution in [0.15, 0.2) is 18.2 Å². The lowest BCUT2D eigenvalue weighted by molar-refractivity contribution is -0.139. The van der Waals surface area contributed by atoms with E-state index in [0.29, 0.717) is 12.1 Å². The average molecular weight is 279 g/mol. The summed E-state index contributed by atoms with van der Waals surface area (Å²) in [6.07, 6.45) is -5.64. The zero-order chi connectivity index (χ0) is 14.8. The van der Waals surface area contributed by atoms with Crippen LogP contribution in [0.4, 0.5) is 28.0 Å². The number of hydrogen-bond acceptors (Lipinski definition) is 2. The minimum absolute atomic E-state index is 0.111. The molecular weight excluding hydrogens is 266 g/mol. The zero-order valence-electron chi connectivity index (χ0n) is 10.6. The summed E-state index contributed by atoms with van der Waals surface area (Å²) in [5.41, 5.74) is -2.25. The van der Waals surface area contributed by atoms with Crippen molar-refractivity contribution in [2.45, 2.75) is 32.5 Å². The van der Waals surface area contributed by atoms with Gasteiger partial charge in [0.25, 0.3) is 0 Å². The largest absolute Gasteiger partial charge is 0.444 e. The van der Waals surface area contributed by atoms with E-state index in [0.717, 1.165) is 6.07 Å². The van der Waals surface area contributed by atoms with E-state index in [4.69, 9.17) is 4.74 Å². The van der Waals surface area contributed by atoms with Gasteiger partial charge in [0.1, 0.15) is 11.4 Å². The Morgan fingerprint density at radius 2 is 1.79 bits per heavy atom. The molecule has 1 rings (SSSR count). The van der Waals surface area contributed by atoms with Crippen molar-refractivity contribution in [2.24, 2.45) is 0 Å². The molecule has 0 bridgehead atoms. The first kappa shape index (κ1) is 15.3. The number of carbonyl (C=O) groups excluding carboxylic acids is 1. The number of hydrogen-bond donors (Lipinski definition) is 1. The maximum Gasteiger partial charge on any atom is 0.419 e. The van der Waals surface area contributed by atoms with Gasteiger partial charge in [-0.15, -0.1) is 0 Å². The maximum atomic E-state index is 13.2. The molecule has 0 unspecified atom stereocenters. The number of halogens is 4. The lowest BCUT2D eigenvalue weighted by Gasteiger charge is -2.19. The molecule has 0 saturated heterocycles. The van der Waals surface area contributed by atoms with Gasteiger partial charge in [0.05, 0.1) is 5.56 Å². The van der Waals surface area contributed by atoms with E-state index in [1.807, 2.05) is 0 Å². The molecule has 1 N–H and O–H groups in total. The molecule has 0 spiro atoms. The Labute approximate surface area is 107 Å². The van der Waals surface area contributed by atoms with Gasteiger partial charge in [-0.05, 0) is 39.0 Å². The van der Waals surface area contributed by atoms with Crippen LogP contribution >= 0.6 is 0 Å². The third kappa shape index (κ3) is 4.76. The SMILES string of the molecule is CC(C)(C)OC(=O)Nc1ccc(C(F)(F)F)c(F)c1. The standard InChI is InChI=1S/C12H13F4NO2/c1-11(2,3)19-10(18)17-7-4-5-8(9(13)6-7)12(14,15)16/h4-6H,1-3H3,(H,17,18). The van der Waals surface area contributed by atoms with Gasteiger partial charge < -0.3 is 4.74 Å². The number of benzene rings is 1. The van der Waals surface area contributed by atoms with E-state index in [1.165, 1.54) is 0 Å². The van der Waals surface area contributed by atoms with Gasteiger partial charge in [-0.25, -0.2) is 9.18 Å². The first-order valence-corrected chi connectivity index (χ1v) is 5.36. The van der Waals surface area contributed by atoms with Gasteiger partial charge in [0.2, 0.25) is 0 Å². The van der Waals surface area contributed by atoms with E-state index < -0.39 is 29.3 Å². The number of alkyl halides is 3. The average Bonchev–Trinajstić information content (AvgIpc) is 2.11. The molecule has 1 amide bonds. The summed E-state index contributed by atoms with van der Waals surface area (Å²) in [5, 5.41) is 2.15. The summed E-state index contributed by atoms with van der Waals surface area (Å²) in [7, 11) is 0. The van der Waals surface area contributed by atoms with Crippen molar-refractivity contribution in [2.75, 3.05) is 5.32 Å². The number of amides is 1. The van der Waals surface area contributed by atoms with Crippen molar-refractivity contribution >= 4 is 11.8 Å². The maximum absolute atomic E-state index is 13.2. The topological polar surface area (TPSA) is 38.3 Å². The monoisotopic (exact) mass is 279 g/mol. The second-order valence-electron chi connectivity index (χ2n) is 4.82. The van der Waals surface area contributed by atoms with Gasteiger partial charge in [-0.3, -0.25) is 5.32 Å². The van der Waals surface area contributed by atoms with Crippen molar-refractivity contribution in [1.82, 2.24) is 0 Å². The highest BCUT2D eigenvalue weighted by Gasteiger charge is 2.34. The van der Waals surface area contributed by atoms with Crippen molar-refractivity contribution < 1.29 is 27.1 Å². The highest BCUT2D eigenvalue weighted by atomic mass is 19.4. The molecule has 0 heterocycles. The highest BCUT2D eigenvalue weighted by molar-refractivity contribution is 5.84. The second kappa shape index (κ2) is 5.07. The van der Waals surface area contributed by atoms with Crippen molar-refractivity contribution in [1.29, 1.82) is 0 Å². The third-order valence-corrected chi connectivity index (χ3v) is 1.92. The molecule has 0 saturated carbocycles. The van der Waals surface area contributed by atoms with Crippen LogP contribution in [-0.4, -0.2) is 11.7 Å².